The minimum atomic E-state index is -3.81. The number of hydrogen-bond acceptors (Lipinski definition) is 6. The van der Waals surface area contributed by atoms with E-state index in [4.69, 9.17) is 14.7 Å². The van der Waals surface area contributed by atoms with E-state index in [0.717, 1.165) is 5.56 Å². The standard InChI is InChI=1S/C19H21N3O4S/c1-22(2)14-10-16-18(25-3)9-8-17(19(16)26-12-14)21-27(23,24)15-6-4-13(11-20)5-7-15/h4-9,14,21H,10,12H2,1-3H3/t14-/m1/s1. The number of hydrogen-bond donors (Lipinski definition) is 1. The second-order valence-corrected chi connectivity index (χ2v) is 8.18. The predicted octanol–water partition coefficient (Wildman–Crippen LogP) is 2.23. The van der Waals surface area contributed by atoms with Gasteiger partial charge in [-0.2, -0.15) is 5.26 Å². The SMILES string of the molecule is COc1ccc(NS(=O)(=O)c2ccc(C#N)cc2)c2c1C[C@@H](N(C)C)CO2. The molecule has 1 heterocycles. The Bertz CT molecular complexity index is 979. The summed E-state index contributed by atoms with van der Waals surface area (Å²) in [5.74, 6) is 1.16. The van der Waals surface area contributed by atoms with Gasteiger partial charge in [0.05, 0.1) is 29.3 Å². The molecule has 0 aromatic heterocycles. The maximum atomic E-state index is 12.7. The van der Waals surface area contributed by atoms with Crippen molar-refractivity contribution in [2.45, 2.75) is 17.4 Å². The second-order valence-electron chi connectivity index (χ2n) is 6.50. The summed E-state index contributed by atoms with van der Waals surface area (Å²) in [5.41, 5.74) is 1.60. The Morgan fingerprint density at radius 1 is 1.22 bits per heavy atom. The van der Waals surface area contributed by atoms with Crippen LogP contribution < -0.4 is 14.2 Å². The van der Waals surface area contributed by atoms with E-state index < -0.39 is 10.0 Å². The Balaban J connectivity index is 1.96. The Kier molecular flexibility index (Phi) is 5.26. The lowest BCUT2D eigenvalue weighted by molar-refractivity contribution is 0.164. The van der Waals surface area contributed by atoms with Gasteiger partial charge in [0.2, 0.25) is 0 Å². The number of rotatable bonds is 5. The average molecular weight is 387 g/mol. The first-order valence-electron chi connectivity index (χ1n) is 8.38. The molecule has 1 atom stereocenters. The molecule has 0 saturated carbocycles. The number of methoxy groups -OCH3 is 1. The predicted molar refractivity (Wildman–Crippen MR) is 102 cm³/mol. The Morgan fingerprint density at radius 3 is 2.52 bits per heavy atom. The van der Waals surface area contributed by atoms with Crippen LogP contribution in [0.25, 0.3) is 0 Å². The van der Waals surface area contributed by atoms with Crippen molar-refractivity contribution in [3.8, 4) is 17.6 Å². The summed E-state index contributed by atoms with van der Waals surface area (Å²) in [6, 6.07) is 11.3. The lowest BCUT2D eigenvalue weighted by atomic mass is 10.00. The molecule has 1 aliphatic rings. The number of nitrogens with zero attached hydrogens (tertiary/aromatic N) is 2. The molecule has 7 nitrogen and oxygen atoms in total. The smallest absolute Gasteiger partial charge is 0.262 e. The fourth-order valence-electron chi connectivity index (χ4n) is 2.96. The van der Waals surface area contributed by atoms with Crippen molar-refractivity contribution < 1.29 is 17.9 Å². The molecule has 3 rings (SSSR count). The van der Waals surface area contributed by atoms with Gasteiger partial charge in [-0.05, 0) is 56.9 Å². The third-order valence-electron chi connectivity index (χ3n) is 4.57. The van der Waals surface area contributed by atoms with E-state index in [1.54, 1.807) is 19.2 Å². The molecule has 0 saturated heterocycles. The molecule has 142 valence electrons. The zero-order valence-corrected chi connectivity index (χ0v) is 16.2. The van der Waals surface area contributed by atoms with Crippen LogP contribution in [-0.4, -0.2) is 47.2 Å². The van der Waals surface area contributed by atoms with Gasteiger partial charge in [0.1, 0.15) is 18.1 Å². The van der Waals surface area contributed by atoms with Crippen LogP contribution >= 0.6 is 0 Å². The lowest BCUT2D eigenvalue weighted by Crippen LogP contribution is -2.38. The van der Waals surface area contributed by atoms with Crippen LogP contribution in [0.15, 0.2) is 41.3 Å². The summed E-state index contributed by atoms with van der Waals surface area (Å²) in [4.78, 5) is 2.14. The fraction of sp³-hybridized carbons (Fsp3) is 0.316. The second kappa shape index (κ2) is 7.47. The highest BCUT2D eigenvalue weighted by Gasteiger charge is 2.28. The van der Waals surface area contributed by atoms with Crippen LogP contribution in [0.5, 0.6) is 11.5 Å². The number of nitriles is 1. The highest BCUT2D eigenvalue weighted by Crippen LogP contribution is 2.40. The van der Waals surface area contributed by atoms with Gasteiger partial charge in [-0.15, -0.1) is 0 Å². The van der Waals surface area contributed by atoms with E-state index in [9.17, 15) is 8.42 Å². The third-order valence-corrected chi connectivity index (χ3v) is 5.95. The summed E-state index contributed by atoms with van der Waals surface area (Å²) in [5, 5.41) is 8.86. The van der Waals surface area contributed by atoms with E-state index in [1.807, 2.05) is 20.2 Å². The van der Waals surface area contributed by atoms with Crippen LogP contribution in [0.1, 0.15) is 11.1 Å². The minimum absolute atomic E-state index is 0.0769. The molecule has 2 aromatic carbocycles. The van der Waals surface area contributed by atoms with Gasteiger partial charge in [0, 0.05) is 11.6 Å². The Hall–Kier alpha value is -2.76. The normalized spacial score (nSPS) is 16.2. The molecule has 0 amide bonds. The van der Waals surface area contributed by atoms with Crippen molar-refractivity contribution in [2.24, 2.45) is 0 Å². The number of ether oxygens (including phenoxy) is 2. The van der Waals surface area contributed by atoms with Crippen molar-refractivity contribution in [3.05, 3.63) is 47.5 Å². The molecular weight excluding hydrogens is 366 g/mol. The highest BCUT2D eigenvalue weighted by atomic mass is 32.2. The van der Waals surface area contributed by atoms with E-state index >= 15 is 0 Å². The Labute approximate surface area is 159 Å². The summed E-state index contributed by atoms with van der Waals surface area (Å²) in [6.45, 7) is 0.457. The summed E-state index contributed by atoms with van der Waals surface area (Å²) >= 11 is 0. The molecule has 1 N–H and O–H groups in total. The number of nitrogens with one attached hydrogen (secondary N) is 1. The fourth-order valence-corrected chi connectivity index (χ4v) is 4.02. The average Bonchev–Trinajstić information content (AvgIpc) is 2.67. The molecule has 0 fully saturated rings. The first-order chi connectivity index (χ1) is 12.9. The summed E-state index contributed by atoms with van der Waals surface area (Å²) in [7, 11) is 1.72. The van der Waals surface area contributed by atoms with Gasteiger partial charge in [-0.25, -0.2) is 8.42 Å². The molecule has 0 unspecified atom stereocenters. The topological polar surface area (TPSA) is 91.7 Å². The maximum Gasteiger partial charge on any atom is 0.262 e. The molecule has 0 bridgehead atoms. The number of fused-ring (bicyclic) bond motifs is 1. The monoisotopic (exact) mass is 387 g/mol. The molecule has 1 aliphatic heterocycles. The number of sulfonamides is 1. The summed E-state index contributed by atoms with van der Waals surface area (Å²) in [6.07, 6.45) is 0.692. The zero-order valence-electron chi connectivity index (χ0n) is 15.4. The van der Waals surface area contributed by atoms with Crippen molar-refractivity contribution in [2.75, 3.05) is 32.5 Å². The maximum absolute atomic E-state index is 12.7. The number of benzene rings is 2. The third kappa shape index (κ3) is 3.84. The number of likely N-dealkylation sites (N-methyl/N-ethyl adjacent to an activating group) is 1. The molecule has 27 heavy (non-hydrogen) atoms. The molecule has 2 aromatic rings. The molecule has 8 heteroatoms. The van der Waals surface area contributed by atoms with Crippen molar-refractivity contribution in [1.29, 1.82) is 5.26 Å². The van der Waals surface area contributed by atoms with Crippen molar-refractivity contribution in [1.82, 2.24) is 4.90 Å². The Morgan fingerprint density at radius 2 is 1.93 bits per heavy atom. The van der Waals surface area contributed by atoms with Gasteiger partial charge in [-0.1, -0.05) is 0 Å². The molecular formula is C19H21N3O4S. The van der Waals surface area contributed by atoms with Crippen LogP contribution in [0.3, 0.4) is 0 Å². The van der Waals surface area contributed by atoms with Gasteiger partial charge < -0.3 is 14.4 Å². The highest BCUT2D eigenvalue weighted by molar-refractivity contribution is 7.92. The van der Waals surface area contributed by atoms with Crippen LogP contribution in [0.2, 0.25) is 0 Å². The van der Waals surface area contributed by atoms with Crippen LogP contribution in [0.4, 0.5) is 5.69 Å². The van der Waals surface area contributed by atoms with Crippen molar-refractivity contribution in [3.63, 3.8) is 0 Å². The van der Waals surface area contributed by atoms with E-state index in [1.165, 1.54) is 24.3 Å². The number of anilines is 1. The van der Waals surface area contributed by atoms with Gasteiger partial charge >= 0.3 is 0 Å². The quantitative estimate of drug-likeness (QED) is 0.846. The minimum Gasteiger partial charge on any atom is -0.496 e. The lowest BCUT2D eigenvalue weighted by Gasteiger charge is -2.32. The van der Waals surface area contributed by atoms with Crippen molar-refractivity contribution >= 4 is 15.7 Å². The van der Waals surface area contributed by atoms with E-state index in [0.29, 0.717) is 35.8 Å². The van der Waals surface area contributed by atoms with Gasteiger partial charge in [-0.3, -0.25) is 4.72 Å². The first kappa shape index (κ1) is 19.0. The van der Waals surface area contributed by atoms with Crippen LogP contribution in [0, 0.1) is 11.3 Å². The van der Waals surface area contributed by atoms with Crippen LogP contribution in [-0.2, 0) is 16.4 Å². The van der Waals surface area contributed by atoms with Gasteiger partial charge in [0.25, 0.3) is 10.0 Å². The zero-order chi connectivity index (χ0) is 19.6. The first-order valence-corrected chi connectivity index (χ1v) is 9.86. The van der Waals surface area contributed by atoms with Gasteiger partial charge in [0.15, 0.2) is 0 Å². The van der Waals surface area contributed by atoms with E-state index in [-0.39, 0.29) is 10.9 Å². The molecule has 0 spiro atoms. The summed E-state index contributed by atoms with van der Waals surface area (Å²) < 4.78 is 39.4. The molecule has 0 aliphatic carbocycles. The van der Waals surface area contributed by atoms with E-state index in [2.05, 4.69) is 9.62 Å². The largest absolute Gasteiger partial charge is 0.496 e. The molecule has 0 radical (unpaired) electrons.